The zero-order valence-electron chi connectivity index (χ0n) is 9.26. The maximum Gasteiger partial charge on any atom is 0.124 e. The fourth-order valence-electron chi connectivity index (χ4n) is 1.84. The number of rotatable bonds is 2. The van der Waals surface area contributed by atoms with Crippen LogP contribution in [-0.2, 0) is 0 Å². The van der Waals surface area contributed by atoms with E-state index in [0.717, 1.165) is 16.1 Å². The lowest BCUT2D eigenvalue weighted by Gasteiger charge is -1.93. The molecule has 0 fully saturated rings. The monoisotopic (exact) mass is 237 g/mol. The van der Waals surface area contributed by atoms with E-state index in [2.05, 4.69) is 24.8 Å². The molecule has 0 aliphatic heterocycles. The van der Waals surface area contributed by atoms with Crippen LogP contribution in [0.25, 0.3) is 26.9 Å². The van der Waals surface area contributed by atoms with Crippen molar-refractivity contribution in [2.24, 2.45) is 0 Å². The largest absolute Gasteiger partial charge is 0.235 e. The van der Waals surface area contributed by atoms with Crippen molar-refractivity contribution in [2.45, 2.75) is 0 Å². The Hall–Kier alpha value is -1.93. The van der Waals surface area contributed by atoms with Crippen LogP contribution in [0.15, 0.2) is 55.1 Å². The molecule has 3 rings (SSSR count). The van der Waals surface area contributed by atoms with Gasteiger partial charge < -0.3 is 0 Å². The summed E-state index contributed by atoms with van der Waals surface area (Å²) >= 11 is 1.72. The highest BCUT2D eigenvalue weighted by Gasteiger charge is 2.07. The lowest BCUT2D eigenvalue weighted by atomic mass is 10.2. The van der Waals surface area contributed by atoms with Gasteiger partial charge in [0, 0.05) is 11.1 Å². The molecular weight excluding hydrogens is 226 g/mol. The van der Waals surface area contributed by atoms with E-state index in [9.17, 15) is 0 Å². The topological polar surface area (TPSA) is 12.9 Å². The van der Waals surface area contributed by atoms with Crippen LogP contribution in [0.3, 0.4) is 0 Å². The van der Waals surface area contributed by atoms with Gasteiger partial charge in [-0.2, -0.15) is 0 Å². The molecule has 1 nitrogen and oxygen atoms in total. The summed E-state index contributed by atoms with van der Waals surface area (Å²) in [6.07, 6.45) is 1.86. The smallest absolute Gasteiger partial charge is 0.124 e. The first-order chi connectivity index (χ1) is 8.38. The fourth-order valence-corrected chi connectivity index (χ4v) is 2.84. The molecule has 0 bridgehead atoms. The first-order valence-corrected chi connectivity index (χ1v) is 6.27. The van der Waals surface area contributed by atoms with E-state index in [4.69, 9.17) is 4.98 Å². The van der Waals surface area contributed by atoms with Crippen molar-refractivity contribution in [1.29, 1.82) is 0 Å². The van der Waals surface area contributed by atoms with Crippen molar-refractivity contribution < 1.29 is 0 Å². The average molecular weight is 237 g/mol. The van der Waals surface area contributed by atoms with Gasteiger partial charge in [-0.15, -0.1) is 11.3 Å². The molecule has 0 saturated heterocycles. The summed E-state index contributed by atoms with van der Waals surface area (Å²) in [6.45, 7) is 3.83. The molecule has 1 aromatic heterocycles. The maximum absolute atomic E-state index is 4.70. The third kappa shape index (κ3) is 1.77. The Bertz CT molecular complexity index is 668. The molecule has 0 aliphatic carbocycles. The molecule has 2 heteroatoms. The highest BCUT2D eigenvalue weighted by molar-refractivity contribution is 7.21. The number of thiazole rings is 1. The van der Waals surface area contributed by atoms with Crippen molar-refractivity contribution in [3.8, 4) is 10.6 Å². The Morgan fingerprint density at radius 3 is 2.59 bits per heavy atom. The second-order valence-corrected chi connectivity index (χ2v) is 4.81. The molecule has 82 valence electrons. The lowest BCUT2D eigenvalue weighted by Crippen LogP contribution is -1.77. The zero-order chi connectivity index (χ0) is 11.7. The average Bonchev–Trinajstić information content (AvgIpc) is 2.83. The predicted octanol–water partition coefficient (Wildman–Crippen LogP) is 4.61. The van der Waals surface area contributed by atoms with Crippen LogP contribution in [0.4, 0.5) is 0 Å². The third-order valence-electron chi connectivity index (χ3n) is 2.69. The summed E-state index contributed by atoms with van der Waals surface area (Å²) in [4.78, 5) is 4.70. The second kappa shape index (κ2) is 4.15. The Morgan fingerprint density at radius 2 is 1.82 bits per heavy atom. The molecule has 0 radical (unpaired) electrons. The maximum atomic E-state index is 4.70. The molecule has 0 atom stereocenters. The van der Waals surface area contributed by atoms with Crippen molar-refractivity contribution in [1.82, 2.24) is 4.98 Å². The molecule has 0 amide bonds. The number of aromatic nitrogens is 1. The molecule has 0 N–H and O–H groups in total. The van der Waals surface area contributed by atoms with E-state index >= 15 is 0 Å². The number of hydrogen-bond acceptors (Lipinski definition) is 2. The van der Waals surface area contributed by atoms with Gasteiger partial charge in [0.1, 0.15) is 5.01 Å². The number of fused-ring (bicyclic) bond motifs is 1. The molecule has 0 saturated carbocycles. The first kappa shape index (κ1) is 10.2. The van der Waals surface area contributed by atoms with Crippen LogP contribution in [0, 0.1) is 0 Å². The minimum atomic E-state index is 1.05. The molecular formula is C15H11NS. The van der Waals surface area contributed by atoms with Crippen LogP contribution in [0.5, 0.6) is 0 Å². The zero-order valence-corrected chi connectivity index (χ0v) is 10.1. The summed E-state index contributed by atoms with van der Waals surface area (Å²) in [5, 5.41) is 1.06. The van der Waals surface area contributed by atoms with Crippen LogP contribution in [0.1, 0.15) is 5.56 Å². The van der Waals surface area contributed by atoms with Crippen molar-refractivity contribution in [3.05, 3.63) is 60.7 Å². The molecule has 0 spiro atoms. The Morgan fingerprint density at radius 1 is 1.00 bits per heavy atom. The normalized spacial score (nSPS) is 10.6. The van der Waals surface area contributed by atoms with Gasteiger partial charge in [0.25, 0.3) is 0 Å². The molecule has 0 unspecified atom stereocenters. The summed E-state index contributed by atoms with van der Waals surface area (Å²) in [7, 11) is 0. The first-order valence-electron chi connectivity index (χ1n) is 5.46. The number of nitrogens with zero attached hydrogens (tertiary/aromatic N) is 1. The van der Waals surface area contributed by atoms with E-state index < -0.39 is 0 Å². The summed E-state index contributed by atoms with van der Waals surface area (Å²) < 4.78 is 1.21. The van der Waals surface area contributed by atoms with Gasteiger partial charge in [-0.3, -0.25) is 0 Å². The van der Waals surface area contributed by atoms with E-state index in [0.29, 0.717) is 0 Å². The van der Waals surface area contributed by atoms with Crippen molar-refractivity contribution in [3.63, 3.8) is 0 Å². The van der Waals surface area contributed by atoms with Crippen molar-refractivity contribution >= 4 is 27.6 Å². The molecule has 1 heterocycles. The van der Waals surface area contributed by atoms with E-state index in [1.54, 1.807) is 11.3 Å². The summed E-state index contributed by atoms with van der Waals surface area (Å²) in [5.41, 5.74) is 3.32. The SMILES string of the molecule is C=Cc1cccc2sc(-c3ccccc3)nc12. The quantitative estimate of drug-likeness (QED) is 0.634. The predicted molar refractivity (Wildman–Crippen MR) is 75.1 cm³/mol. The van der Waals surface area contributed by atoms with Gasteiger partial charge in [-0.25, -0.2) is 4.98 Å². The number of para-hydroxylation sites is 1. The highest BCUT2D eigenvalue weighted by atomic mass is 32.1. The lowest BCUT2D eigenvalue weighted by molar-refractivity contribution is 1.47. The minimum Gasteiger partial charge on any atom is -0.235 e. The molecule has 0 aliphatic rings. The van der Waals surface area contributed by atoms with Gasteiger partial charge in [0.2, 0.25) is 0 Å². The summed E-state index contributed by atoms with van der Waals surface area (Å²) in [6, 6.07) is 16.5. The van der Waals surface area contributed by atoms with Gasteiger partial charge >= 0.3 is 0 Å². The minimum absolute atomic E-state index is 1.05. The van der Waals surface area contributed by atoms with E-state index in [1.807, 2.05) is 36.4 Å². The van der Waals surface area contributed by atoms with Crippen molar-refractivity contribution in [2.75, 3.05) is 0 Å². The number of hydrogen-bond donors (Lipinski definition) is 0. The molecule has 17 heavy (non-hydrogen) atoms. The highest BCUT2D eigenvalue weighted by Crippen LogP contribution is 2.31. The van der Waals surface area contributed by atoms with E-state index in [1.165, 1.54) is 10.3 Å². The Kier molecular flexibility index (Phi) is 2.50. The van der Waals surface area contributed by atoms with Gasteiger partial charge in [0.05, 0.1) is 10.2 Å². The van der Waals surface area contributed by atoms with Crippen LogP contribution in [0.2, 0.25) is 0 Å². The van der Waals surface area contributed by atoms with Gasteiger partial charge in [-0.1, -0.05) is 55.1 Å². The van der Waals surface area contributed by atoms with Gasteiger partial charge in [-0.05, 0) is 6.07 Å². The van der Waals surface area contributed by atoms with Crippen LogP contribution in [-0.4, -0.2) is 4.98 Å². The standard InChI is InChI=1S/C15H11NS/c1-2-11-9-6-10-13-14(11)16-15(17-13)12-7-4-3-5-8-12/h2-10H,1H2. The Labute approximate surface area is 104 Å². The number of benzene rings is 2. The summed E-state index contributed by atoms with van der Waals surface area (Å²) in [5.74, 6) is 0. The van der Waals surface area contributed by atoms with Crippen LogP contribution < -0.4 is 0 Å². The molecule has 3 aromatic rings. The Balaban J connectivity index is 2.24. The second-order valence-electron chi connectivity index (χ2n) is 3.78. The fraction of sp³-hybridized carbons (Fsp3) is 0. The van der Waals surface area contributed by atoms with Crippen LogP contribution >= 0.6 is 11.3 Å². The molecule has 2 aromatic carbocycles. The van der Waals surface area contributed by atoms with E-state index in [-0.39, 0.29) is 0 Å². The van der Waals surface area contributed by atoms with Gasteiger partial charge in [0.15, 0.2) is 0 Å². The third-order valence-corrected chi connectivity index (χ3v) is 3.76.